The van der Waals surface area contributed by atoms with E-state index in [1.54, 1.807) is 32.0 Å². The number of hydrogen-bond donors (Lipinski definition) is 1. The molecule has 1 aromatic rings. The maximum absolute atomic E-state index is 12.8. The predicted octanol–water partition coefficient (Wildman–Crippen LogP) is 1.93. The SMILES string of the molecule is COC(=O)C1=C(C#N)NC(C#N)=C(C(=O)OC(C)C)C1c1ccccc1C#N. The minimum atomic E-state index is -1.18. The van der Waals surface area contributed by atoms with Crippen molar-refractivity contribution in [2.45, 2.75) is 25.9 Å². The van der Waals surface area contributed by atoms with Gasteiger partial charge in [-0.25, -0.2) is 9.59 Å². The Labute approximate surface area is 161 Å². The van der Waals surface area contributed by atoms with E-state index in [0.717, 1.165) is 7.11 Å². The molecule has 140 valence electrons. The van der Waals surface area contributed by atoms with Crippen molar-refractivity contribution < 1.29 is 19.1 Å². The number of rotatable bonds is 4. The van der Waals surface area contributed by atoms with Gasteiger partial charge in [0.2, 0.25) is 0 Å². The quantitative estimate of drug-likeness (QED) is 0.787. The zero-order valence-electron chi connectivity index (χ0n) is 15.4. The lowest BCUT2D eigenvalue weighted by atomic mass is 9.78. The Morgan fingerprint density at radius 2 is 1.57 bits per heavy atom. The summed E-state index contributed by atoms with van der Waals surface area (Å²) in [7, 11) is 1.13. The zero-order chi connectivity index (χ0) is 20.8. The number of carbonyl (C=O) groups is 2. The number of hydrogen-bond acceptors (Lipinski definition) is 8. The van der Waals surface area contributed by atoms with Gasteiger partial charge in [0.05, 0.1) is 41.9 Å². The molecule has 0 aliphatic carbocycles. The molecule has 0 bridgehead atoms. The van der Waals surface area contributed by atoms with Gasteiger partial charge in [0.1, 0.15) is 23.5 Å². The second-order valence-corrected chi connectivity index (χ2v) is 6.00. The maximum Gasteiger partial charge on any atom is 0.338 e. The molecule has 0 fully saturated rings. The minimum Gasteiger partial charge on any atom is -0.466 e. The number of esters is 2. The molecule has 0 saturated heterocycles. The molecular weight excluding hydrogens is 360 g/mol. The van der Waals surface area contributed by atoms with E-state index >= 15 is 0 Å². The van der Waals surface area contributed by atoms with Crippen LogP contribution in [0.25, 0.3) is 0 Å². The summed E-state index contributed by atoms with van der Waals surface area (Å²) in [4.78, 5) is 25.3. The molecule has 0 amide bonds. The molecule has 28 heavy (non-hydrogen) atoms. The van der Waals surface area contributed by atoms with Crippen LogP contribution in [0.4, 0.5) is 0 Å². The lowest BCUT2D eigenvalue weighted by Crippen LogP contribution is -2.34. The van der Waals surface area contributed by atoms with E-state index in [1.165, 1.54) is 6.07 Å². The van der Waals surface area contributed by atoms with Gasteiger partial charge >= 0.3 is 11.9 Å². The molecule has 8 nitrogen and oxygen atoms in total. The highest BCUT2D eigenvalue weighted by Crippen LogP contribution is 2.40. The van der Waals surface area contributed by atoms with Crippen molar-refractivity contribution in [2.75, 3.05) is 7.11 Å². The van der Waals surface area contributed by atoms with Crippen LogP contribution in [0, 0.1) is 34.0 Å². The summed E-state index contributed by atoms with van der Waals surface area (Å²) < 4.78 is 10.0. The number of nitriles is 3. The second kappa shape index (κ2) is 8.53. The van der Waals surface area contributed by atoms with E-state index in [2.05, 4.69) is 5.32 Å². The first-order chi connectivity index (χ1) is 13.4. The third-order valence-electron chi connectivity index (χ3n) is 3.95. The normalized spacial score (nSPS) is 15.8. The van der Waals surface area contributed by atoms with Crippen molar-refractivity contribution in [3.05, 3.63) is 57.9 Å². The molecule has 1 aromatic carbocycles. The smallest absolute Gasteiger partial charge is 0.338 e. The third kappa shape index (κ3) is 3.70. The number of ether oxygens (including phenoxy) is 2. The van der Waals surface area contributed by atoms with E-state index in [1.807, 2.05) is 18.2 Å². The van der Waals surface area contributed by atoms with Crippen LogP contribution in [-0.4, -0.2) is 25.2 Å². The van der Waals surface area contributed by atoms with Crippen LogP contribution >= 0.6 is 0 Å². The van der Waals surface area contributed by atoms with Crippen LogP contribution in [0.15, 0.2) is 46.8 Å². The van der Waals surface area contributed by atoms with Crippen LogP contribution in [0.1, 0.15) is 30.9 Å². The summed E-state index contributed by atoms with van der Waals surface area (Å²) >= 11 is 0. The van der Waals surface area contributed by atoms with Gasteiger partial charge < -0.3 is 14.8 Å². The van der Waals surface area contributed by atoms with Gasteiger partial charge in [-0.1, -0.05) is 18.2 Å². The number of methoxy groups -OCH3 is 1. The largest absolute Gasteiger partial charge is 0.466 e. The van der Waals surface area contributed by atoms with Crippen molar-refractivity contribution in [2.24, 2.45) is 0 Å². The summed E-state index contributed by atoms with van der Waals surface area (Å²) in [5.74, 6) is -2.89. The number of nitrogens with zero attached hydrogens (tertiary/aromatic N) is 3. The molecule has 1 unspecified atom stereocenters. The molecular formula is C20H16N4O4. The Morgan fingerprint density at radius 3 is 2.07 bits per heavy atom. The first-order valence-electron chi connectivity index (χ1n) is 8.23. The Bertz CT molecular complexity index is 1020. The summed E-state index contributed by atoms with van der Waals surface area (Å²) in [6.45, 7) is 3.27. The second-order valence-electron chi connectivity index (χ2n) is 6.00. The molecule has 1 aliphatic rings. The molecule has 0 radical (unpaired) electrons. The van der Waals surface area contributed by atoms with Gasteiger partial charge in [-0.3, -0.25) is 0 Å². The van der Waals surface area contributed by atoms with Crippen molar-refractivity contribution in [3.63, 3.8) is 0 Å². The van der Waals surface area contributed by atoms with Crippen molar-refractivity contribution in [1.29, 1.82) is 15.8 Å². The molecule has 8 heteroatoms. The lowest BCUT2D eigenvalue weighted by Gasteiger charge is -2.28. The number of nitrogens with one attached hydrogen (secondary N) is 1. The van der Waals surface area contributed by atoms with E-state index in [9.17, 15) is 25.4 Å². The number of benzene rings is 1. The first-order valence-corrected chi connectivity index (χ1v) is 8.23. The third-order valence-corrected chi connectivity index (χ3v) is 3.95. The summed E-state index contributed by atoms with van der Waals surface area (Å²) in [6, 6.07) is 12.0. The van der Waals surface area contributed by atoms with Crippen LogP contribution in [-0.2, 0) is 19.1 Å². The predicted molar refractivity (Wildman–Crippen MR) is 95.6 cm³/mol. The fraction of sp³-hybridized carbons (Fsp3) is 0.250. The standard InChI is InChI=1S/C20H16N4O4/c1-11(2)28-20(26)18-15(10-23)24-14(9-22)17(19(25)27-3)16(18)13-7-5-4-6-12(13)8-21/h4-7,11,16,24H,1-3H3. The molecule has 0 saturated carbocycles. The highest BCUT2D eigenvalue weighted by atomic mass is 16.5. The van der Waals surface area contributed by atoms with E-state index in [0.29, 0.717) is 0 Å². The van der Waals surface area contributed by atoms with Crippen molar-refractivity contribution in [1.82, 2.24) is 5.32 Å². The van der Waals surface area contributed by atoms with Gasteiger partial charge in [0, 0.05) is 0 Å². The van der Waals surface area contributed by atoms with E-state index in [-0.39, 0.29) is 33.7 Å². The topological polar surface area (TPSA) is 136 Å². The van der Waals surface area contributed by atoms with Crippen LogP contribution < -0.4 is 5.32 Å². The highest BCUT2D eigenvalue weighted by Gasteiger charge is 2.41. The number of dihydropyridines is 1. The fourth-order valence-electron chi connectivity index (χ4n) is 2.86. The van der Waals surface area contributed by atoms with Crippen molar-refractivity contribution in [3.8, 4) is 18.2 Å². The Morgan fingerprint density at radius 1 is 1.00 bits per heavy atom. The molecule has 0 aromatic heterocycles. The maximum atomic E-state index is 12.8. The monoisotopic (exact) mass is 376 g/mol. The van der Waals surface area contributed by atoms with Crippen LogP contribution in [0.5, 0.6) is 0 Å². The molecule has 1 heterocycles. The van der Waals surface area contributed by atoms with Gasteiger partial charge in [-0.05, 0) is 25.5 Å². The summed E-state index contributed by atoms with van der Waals surface area (Å²) in [5, 5.41) is 31.0. The number of allylic oxidation sites excluding steroid dienone is 2. The molecule has 1 N–H and O–H groups in total. The van der Waals surface area contributed by atoms with Crippen LogP contribution in [0.3, 0.4) is 0 Å². The molecule has 1 atom stereocenters. The van der Waals surface area contributed by atoms with E-state index in [4.69, 9.17) is 9.47 Å². The Hall–Kier alpha value is -4.09. The fourth-order valence-corrected chi connectivity index (χ4v) is 2.86. The van der Waals surface area contributed by atoms with Gasteiger partial charge in [0.15, 0.2) is 0 Å². The molecule has 0 spiro atoms. The zero-order valence-corrected chi connectivity index (χ0v) is 15.4. The van der Waals surface area contributed by atoms with E-state index < -0.39 is 24.0 Å². The lowest BCUT2D eigenvalue weighted by molar-refractivity contribution is -0.143. The van der Waals surface area contributed by atoms with Gasteiger partial charge in [0.25, 0.3) is 0 Å². The molecule has 1 aliphatic heterocycles. The van der Waals surface area contributed by atoms with Crippen LogP contribution in [0.2, 0.25) is 0 Å². The average Bonchev–Trinajstić information content (AvgIpc) is 2.70. The van der Waals surface area contributed by atoms with Gasteiger partial charge in [-0.15, -0.1) is 0 Å². The van der Waals surface area contributed by atoms with Gasteiger partial charge in [-0.2, -0.15) is 15.8 Å². The Balaban J connectivity index is 2.87. The first kappa shape index (κ1) is 20.2. The molecule has 2 rings (SSSR count). The van der Waals surface area contributed by atoms with Crippen molar-refractivity contribution >= 4 is 11.9 Å². The summed E-state index contributed by atoms with van der Waals surface area (Å²) in [5.41, 5.74) is -0.348. The summed E-state index contributed by atoms with van der Waals surface area (Å²) in [6.07, 6.45) is -0.491. The minimum absolute atomic E-state index is 0.168. The number of carbonyl (C=O) groups excluding carboxylic acids is 2. The Kier molecular flexibility index (Phi) is 6.16. The average molecular weight is 376 g/mol. The highest BCUT2D eigenvalue weighted by molar-refractivity contribution is 6.01.